The number of amides is 2. The summed E-state index contributed by atoms with van der Waals surface area (Å²) in [5.41, 5.74) is 6.13. The molecule has 1 aromatic carbocycles. The first-order valence-electron chi connectivity index (χ1n) is 5.86. The van der Waals surface area contributed by atoms with E-state index in [9.17, 15) is 4.79 Å². The zero-order valence-electron chi connectivity index (χ0n) is 11.1. The van der Waals surface area contributed by atoms with Gasteiger partial charge in [0.05, 0.1) is 12.8 Å². The summed E-state index contributed by atoms with van der Waals surface area (Å²) < 4.78 is 5.15. The fourth-order valence-corrected chi connectivity index (χ4v) is 1.31. The molecule has 5 nitrogen and oxygen atoms in total. The van der Waals surface area contributed by atoms with Gasteiger partial charge in [-0.3, -0.25) is 0 Å². The zero-order valence-corrected chi connectivity index (χ0v) is 11.1. The van der Waals surface area contributed by atoms with E-state index in [2.05, 4.69) is 10.6 Å². The Balaban J connectivity index is 2.55. The number of urea groups is 1. The van der Waals surface area contributed by atoms with Crippen LogP contribution in [0.1, 0.15) is 13.8 Å². The van der Waals surface area contributed by atoms with Crippen LogP contribution in [0.15, 0.2) is 24.3 Å². The first-order chi connectivity index (χ1) is 8.48. The lowest BCUT2D eigenvalue weighted by Crippen LogP contribution is -2.40. The first-order valence-corrected chi connectivity index (χ1v) is 5.86. The summed E-state index contributed by atoms with van der Waals surface area (Å²) in [5.74, 6) is 0.630. The van der Waals surface area contributed by atoms with Crippen molar-refractivity contribution in [2.75, 3.05) is 25.5 Å². The van der Waals surface area contributed by atoms with Crippen molar-refractivity contribution in [2.24, 2.45) is 11.1 Å². The molecule has 0 fully saturated rings. The second kappa shape index (κ2) is 6.26. The Morgan fingerprint density at radius 1 is 1.39 bits per heavy atom. The average Bonchev–Trinajstić information content (AvgIpc) is 2.37. The van der Waals surface area contributed by atoms with E-state index in [4.69, 9.17) is 10.5 Å². The maximum Gasteiger partial charge on any atom is 0.319 e. The Morgan fingerprint density at radius 2 is 2.06 bits per heavy atom. The highest BCUT2D eigenvalue weighted by molar-refractivity contribution is 5.90. The fourth-order valence-electron chi connectivity index (χ4n) is 1.31. The smallest absolute Gasteiger partial charge is 0.319 e. The highest BCUT2D eigenvalue weighted by Crippen LogP contribution is 2.22. The molecule has 0 unspecified atom stereocenters. The Kier molecular flexibility index (Phi) is 4.97. The zero-order chi connectivity index (χ0) is 13.6. The molecule has 1 aromatic rings. The molecule has 0 aliphatic carbocycles. The normalized spacial score (nSPS) is 10.9. The standard InChI is InChI=1S/C13H21N3O2/c1-13(2,8-14)9-15-12(17)16-10-6-4-5-7-11(10)18-3/h4-7H,8-9,14H2,1-3H3,(H2,15,16,17). The largest absolute Gasteiger partial charge is 0.495 e. The molecule has 5 heteroatoms. The van der Waals surface area contributed by atoms with Crippen molar-refractivity contribution in [3.05, 3.63) is 24.3 Å². The SMILES string of the molecule is COc1ccccc1NC(=O)NCC(C)(C)CN. The molecule has 0 bridgehead atoms. The third-order valence-corrected chi connectivity index (χ3v) is 2.64. The number of para-hydroxylation sites is 2. The minimum absolute atomic E-state index is 0.113. The monoisotopic (exact) mass is 251 g/mol. The summed E-state index contributed by atoms with van der Waals surface area (Å²) in [4.78, 5) is 11.7. The van der Waals surface area contributed by atoms with E-state index in [0.29, 0.717) is 24.5 Å². The number of carbonyl (C=O) groups excluding carboxylic acids is 1. The number of benzene rings is 1. The number of hydrogen-bond donors (Lipinski definition) is 3. The van der Waals surface area contributed by atoms with E-state index in [1.165, 1.54) is 0 Å². The van der Waals surface area contributed by atoms with E-state index in [-0.39, 0.29) is 11.4 Å². The predicted octanol–water partition coefficient (Wildman–Crippen LogP) is 1.80. The minimum atomic E-state index is -0.263. The lowest BCUT2D eigenvalue weighted by Gasteiger charge is -2.22. The molecule has 1 rings (SSSR count). The third-order valence-electron chi connectivity index (χ3n) is 2.64. The molecular weight excluding hydrogens is 230 g/mol. The van der Waals surface area contributed by atoms with E-state index in [1.54, 1.807) is 19.2 Å². The Morgan fingerprint density at radius 3 is 2.67 bits per heavy atom. The fraction of sp³-hybridized carbons (Fsp3) is 0.462. The second-order valence-corrected chi connectivity index (χ2v) is 4.88. The van der Waals surface area contributed by atoms with Gasteiger partial charge in [-0.15, -0.1) is 0 Å². The van der Waals surface area contributed by atoms with Crippen LogP contribution in [0.4, 0.5) is 10.5 Å². The summed E-state index contributed by atoms with van der Waals surface area (Å²) in [6.07, 6.45) is 0. The quantitative estimate of drug-likeness (QED) is 0.747. The van der Waals surface area contributed by atoms with E-state index in [1.807, 2.05) is 26.0 Å². The summed E-state index contributed by atoms with van der Waals surface area (Å²) in [6, 6.07) is 6.99. The molecule has 0 aliphatic heterocycles. The molecule has 100 valence electrons. The third kappa shape index (κ3) is 4.25. The van der Waals surface area contributed by atoms with Gasteiger partial charge in [-0.2, -0.15) is 0 Å². The van der Waals surface area contributed by atoms with Crippen LogP contribution in [0.3, 0.4) is 0 Å². The van der Waals surface area contributed by atoms with Crippen molar-refractivity contribution in [1.29, 1.82) is 0 Å². The maximum absolute atomic E-state index is 11.7. The first kappa shape index (κ1) is 14.3. The van der Waals surface area contributed by atoms with Gasteiger partial charge in [0, 0.05) is 6.54 Å². The van der Waals surface area contributed by atoms with Crippen LogP contribution >= 0.6 is 0 Å². The highest BCUT2D eigenvalue weighted by atomic mass is 16.5. The number of nitrogens with one attached hydrogen (secondary N) is 2. The number of carbonyl (C=O) groups is 1. The van der Waals surface area contributed by atoms with Gasteiger partial charge in [0.25, 0.3) is 0 Å². The van der Waals surface area contributed by atoms with E-state index < -0.39 is 0 Å². The number of rotatable bonds is 5. The van der Waals surface area contributed by atoms with Gasteiger partial charge in [-0.25, -0.2) is 4.79 Å². The summed E-state index contributed by atoms with van der Waals surface area (Å²) in [5, 5.41) is 5.53. The predicted molar refractivity (Wildman–Crippen MR) is 72.9 cm³/mol. The maximum atomic E-state index is 11.7. The van der Waals surface area contributed by atoms with E-state index in [0.717, 1.165) is 0 Å². The Labute approximate surface area is 108 Å². The van der Waals surface area contributed by atoms with Crippen LogP contribution in [-0.4, -0.2) is 26.2 Å². The number of nitrogens with two attached hydrogens (primary N) is 1. The van der Waals surface area contributed by atoms with Crippen molar-refractivity contribution >= 4 is 11.7 Å². The molecule has 0 atom stereocenters. The van der Waals surface area contributed by atoms with Crippen LogP contribution in [0.25, 0.3) is 0 Å². The molecule has 2 amide bonds. The van der Waals surface area contributed by atoms with Crippen molar-refractivity contribution in [3.63, 3.8) is 0 Å². The van der Waals surface area contributed by atoms with Crippen LogP contribution in [-0.2, 0) is 0 Å². The average molecular weight is 251 g/mol. The van der Waals surface area contributed by atoms with Gasteiger partial charge in [-0.1, -0.05) is 26.0 Å². The summed E-state index contributed by atoms with van der Waals surface area (Å²) >= 11 is 0. The van der Waals surface area contributed by atoms with Gasteiger partial charge in [-0.05, 0) is 24.1 Å². The molecular formula is C13H21N3O2. The van der Waals surface area contributed by atoms with Gasteiger partial charge >= 0.3 is 6.03 Å². The molecule has 18 heavy (non-hydrogen) atoms. The van der Waals surface area contributed by atoms with Crippen molar-refractivity contribution < 1.29 is 9.53 Å². The minimum Gasteiger partial charge on any atom is -0.495 e. The molecule has 0 aromatic heterocycles. The Bertz CT molecular complexity index is 405. The van der Waals surface area contributed by atoms with Crippen LogP contribution in [0.5, 0.6) is 5.75 Å². The lowest BCUT2D eigenvalue weighted by atomic mass is 9.94. The Hall–Kier alpha value is -1.75. The molecule has 0 heterocycles. The molecule has 0 saturated carbocycles. The second-order valence-electron chi connectivity index (χ2n) is 4.88. The van der Waals surface area contributed by atoms with Crippen molar-refractivity contribution in [3.8, 4) is 5.75 Å². The van der Waals surface area contributed by atoms with E-state index >= 15 is 0 Å². The molecule has 4 N–H and O–H groups in total. The van der Waals surface area contributed by atoms with Crippen molar-refractivity contribution in [1.82, 2.24) is 5.32 Å². The topological polar surface area (TPSA) is 76.4 Å². The summed E-state index contributed by atoms with van der Waals surface area (Å²) in [7, 11) is 1.57. The van der Waals surface area contributed by atoms with Crippen LogP contribution in [0.2, 0.25) is 0 Å². The number of anilines is 1. The highest BCUT2D eigenvalue weighted by Gasteiger charge is 2.16. The van der Waals surface area contributed by atoms with Crippen molar-refractivity contribution in [2.45, 2.75) is 13.8 Å². The number of methoxy groups -OCH3 is 1. The molecule has 0 radical (unpaired) electrons. The molecule has 0 saturated heterocycles. The lowest BCUT2D eigenvalue weighted by molar-refractivity contribution is 0.245. The van der Waals surface area contributed by atoms with Gasteiger partial charge in [0.15, 0.2) is 0 Å². The van der Waals surface area contributed by atoms with Crippen LogP contribution < -0.4 is 21.1 Å². The summed E-state index contributed by atoms with van der Waals surface area (Å²) in [6.45, 7) is 5.03. The van der Waals surface area contributed by atoms with Crippen LogP contribution in [0, 0.1) is 5.41 Å². The molecule has 0 aliphatic rings. The number of ether oxygens (including phenoxy) is 1. The van der Waals surface area contributed by atoms with Gasteiger partial charge < -0.3 is 21.1 Å². The van der Waals surface area contributed by atoms with Gasteiger partial charge in [0.1, 0.15) is 5.75 Å². The number of hydrogen-bond acceptors (Lipinski definition) is 3. The molecule has 0 spiro atoms. The van der Waals surface area contributed by atoms with Gasteiger partial charge in [0.2, 0.25) is 0 Å².